The minimum Gasteiger partial charge on any atom is -0.382 e. The Kier molecular flexibility index (Phi) is 2.86. The normalized spacial score (nSPS) is 14.3. The molecular formula is C11H14N6OS. The van der Waals surface area contributed by atoms with Gasteiger partial charge >= 0.3 is 0 Å². The summed E-state index contributed by atoms with van der Waals surface area (Å²) >= 11 is 1.28. The van der Waals surface area contributed by atoms with Gasteiger partial charge in [0.05, 0.1) is 6.54 Å². The average molecular weight is 278 g/mol. The molecule has 2 aromatic heterocycles. The average Bonchev–Trinajstić information content (AvgIpc) is 3.02. The van der Waals surface area contributed by atoms with Crippen molar-refractivity contribution >= 4 is 28.2 Å². The van der Waals surface area contributed by atoms with Crippen LogP contribution in [0.2, 0.25) is 0 Å². The lowest BCUT2D eigenvalue weighted by Gasteiger charge is -2.27. The van der Waals surface area contributed by atoms with Crippen LogP contribution in [0.3, 0.4) is 0 Å². The molecule has 0 saturated carbocycles. The molecule has 19 heavy (non-hydrogen) atoms. The second-order valence-corrected chi connectivity index (χ2v) is 5.25. The van der Waals surface area contributed by atoms with Gasteiger partial charge in [0.15, 0.2) is 5.13 Å². The molecule has 0 saturated heterocycles. The highest BCUT2D eigenvalue weighted by atomic mass is 32.1. The van der Waals surface area contributed by atoms with E-state index in [-0.39, 0.29) is 11.7 Å². The molecule has 0 radical (unpaired) electrons. The van der Waals surface area contributed by atoms with Gasteiger partial charge in [-0.1, -0.05) is 11.3 Å². The van der Waals surface area contributed by atoms with E-state index < -0.39 is 0 Å². The van der Waals surface area contributed by atoms with Gasteiger partial charge < -0.3 is 20.5 Å². The van der Waals surface area contributed by atoms with E-state index in [9.17, 15) is 4.79 Å². The molecule has 1 aliphatic rings. The van der Waals surface area contributed by atoms with Crippen LogP contribution in [-0.4, -0.2) is 38.9 Å². The molecule has 3 N–H and O–H groups in total. The van der Waals surface area contributed by atoms with Gasteiger partial charge in [0.25, 0.3) is 5.91 Å². The lowest BCUT2D eigenvalue weighted by molar-refractivity contribution is 0.0713. The summed E-state index contributed by atoms with van der Waals surface area (Å²) in [7, 11) is 1.75. The summed E-state index contributed by atoms with van der Waals surface area (Å²) in [6, 6.07) is 0. The molecule has 3 heterocycles. The molecule has 2 aromatic rings. The quantitative estimate of drug-likeness (QED) is 0.840. The van der Waals surface area contributed by atoms with Gasteiger partial charge in [-0.05, 0) is 0 Å². The number of nitrogens with one attached hydrogen (secondary N) is 1. The third-order valence-corrected chi connectivity index (χ3v) is 4.17. The molecule has 3 rings (SSSR count). The zero-order valence-electron chi connectivity index (χ0n) is 10.5. The van der Waals surface area contributed by atoms with E-state index in [1.54, 1.807) is 18.1 Å². The number of imidazole rings is 1. The summed E-state index contributed by atoms with van der Waals surface area (Å²) in [4.78, 5) is 23.0. The van der Waals surface area contributed by atoms with Crippen molar-refractivity contribution in [3.63, 3.8) is 0 Å². The SMILES string of the molecule is CNc1nc(N)c(C(=O)N2CCn3ccnc3C2)s1. The van der Waals surface area contributed by atoms with Crippen LogP contribution in [0.1, 0.15) is 15.5 Å². The standard InChI is InChI=1S/C11H14N6OS/c1-13-11-15-9(12)8(19-11)10(18)17-5-4-16-3-2-14-7(16)6-17/h2-3H,4-6,12H2,1H3,(H,13,15). The van der Waals surface area contributed by atoms with Crippen molar-refractivity contribution < 1.29 is 4.79 Å². The second-order valence-electron chi connectivity index (χ2n) is 4.25. The zero-order valence-corrected chi connectivity index (χ0v) is 11.3. The van der Waals surface area contributed by atoms with Crippen LogP contribution >= 0.6 is 11.3 Å². The highest BCUT2D eigenvalue weighted by molar-refractivity contribution is 7.18. The van der Waals surface area contributed by atoms with E-state index in [1.165, 1.54) is 11.3 Å². The molecule has 1 aliphatic heterocycles. The van der Waals surface area contributed by atoms with Gasteiger partial charge in [-0.15, -0.1) is 0 Å². The lowest BCUT2D eigenvalue weighted by Crippen LogP contribution is -2.38. The number of hydrogen-bond donors (Lipinski definition) is 2. The van der Waals surface area contributed by atoms with Crippen molar-refractivity contribution in [1.29, 1.82) is 0 Å². The number of fused-ring (bicyclic) bond motifs is 1. The molecule has 0 aromatic carbocycles. The van der Waals surface area contributed by atoms with Gasteiger partial charge in [0, 0.05) is 32.5 Å². The number of nitrogens with two attached hydrogens (primary N) is 1. The highest BCUT2D eigenvalue weighted by Gasteiger charge is 2.25. The number of carbonyl (C=O) groups is 1. The highest BCUT2D eigenvalue weighted by Crippen LogP contribution is 2.27. The van der Waals surface area contributed by atoms with E-state index >= 15 is 0 Å². The molecule has 0 bridgehead atoms. The Balaban J connectivity index is 1.83. The molecule has 8 heteroatoms. The van der Waals surface area contributed by atoms with E-state index in [0.717, 1.165) is 12.4 Å². The van der Waals surface area contributed by atoms with E-state index in [2.05, 4.69) is 19.9 Å². The Hall–Kier alpha value is -2.09. The van der Waals surface area contributed by atoms with Gasteiger partial charge in [-0.25, -0.2) is 9.97 Å². The smallest absolute Gasteiger partial charge is 0.268 e. The van der Waals surface area contributed by atoms with Crippen molar-refractivity contribution in [2.24, 2.45) is 0 Å². The number of thiazole rings is 1. The lowest BCUT2D eigenvalue weighted by atomic mass is 10.3. The summed E-state index contributed by atoms with van der Waals surface area (Å²) in [5.74, 6) is 1.11. The first-order valence-corrected chi connectivity index (χ1v) is 6.74. The van der Waals surface area contributed by atoms with E-state index in [0.29, 0.717) is 23.1 Å². The van der Waals surface area contributed by atoms with Crippen LogP contribution in [0.25, 0.3) is 0 Å². The number of nitrogen functional groups attached to an aromatic ring is 1. The van der Waals surface area contributed by atoms with Crippen molar-refractivity contribution in [3.05, 3.63) is 23.1 Å². The van der Waals surface area contributed by atoms with Gasteiger partial charge in [-0.3, -0.25) is 4.79 Å². The third-order valence-electron chi connectivity index (χ3n) is 3.09. The Morgan fingerprint density at radius 1 is 1.53 bits per heavy atom. The minimum atomic E-state index is -0.0780. The third kappa shape index (κ3) is 2.03. The molecule has 1 amide bonds. The molecule has 0 fully saturated rings. The maximum Gasteiger partial charge on any atom is 0.268 e. The molecule has 7 nitrogen and oxygen atoms in total. The Morgan fingerprint density at radius 2 is 2.37 bits per heavy atom. The number of anilines is 2. The van der Waals surface area contributed by atoms with Crippen LogP contribution in [0.4, 0.5) is 10.9 Å². The summed E-state index contributed by atoms with van der Waals surface area (Å²) in [5.41, 5.74) is 5.79. The maximum atomic E-state index is 12.4. The Bertz CT molecular complexity index is 618. The van der Waals surface area contributed by atoms with Crippen LogP contribution < -0.4 is 11.1 Å². The van der Waals surface area contributed by atoms with Crippen LogP contribution in [-0.2, 0) is 13.1 Å². The van der Waals surface area contributed by atoms with Crippen LogP contribution in [0.15, 0.2) is 12.4 Å². The predicted octanol–water partition coefficient (Wildman–Crippen LogP) is 0.619. The van der Waals surface area contributed by atoms with Crippen molar-refractivity contribution in [2.45, 2.75) is 13.1 Å². The first kappa shape index (κ1) is 12.0. The van der Waals surface area contributed by atoms with Gasteiger partial charge in [0.2, 0.25) is 0 Å². The first-order valence-electron chi connectivity index (χ1n) is 5.92. The second kappa shape index (κ2) is 4.54. The molecule has 100 valence electrons. The van der Waals surface area contributed by atoms with Gasteiger partial charge in [0.1, 0.15) is 16.5 Å². The number of amides is 1. The van der Waals surface area contributed by atoms with Crippen molar-refractivity contribution in [3.8, 4) is 0 Å². The van der Waals surface area contributed by atoms with Crippen LogP contribution in [0, 0.1) is 0 Å². The number of nitrogens with zero attached hydrogens (tertiary/aromatic N) is 4. The largest absolute Gasteiger partial charge is 0.382 e. The number of rotatable bonds is 2. The first-order chi connectivity index (χ1) is 9.19. The topological polar surface area (TPSA) is 89.1 Å². The number of aromatic nitrogens is 3. The maximum absolute atomic E-state index is 12.4. The monoisotopic (exact) mass is 278 g/mol. The zero-order chi connectivity index (χ0) is 13.4. The molecular weight excluding hydrogens is 264 g/mol. The number of hydrogen-bond acceptors (Lipinski definition) is 6. The summed E-state index contributed by atoms with van der Waals surface area (Å²) in [6.45, 7) is 1.94. The van der Waals surface area contributed by atoms with E-state index in [1.807, 2.05) is 6.20 Å². The predicted molar refractivity (Wildman–Crippen MR) is 73.0 cm³/mol. The van der Waals surface area contributed by atoms with Crippen molar-refractivity contribution in [1.82, 2.24) is 19.4 Å². The fraction of sp³-hybridized carbons (Fsp3) is 0.364. The summed E-state index contributed by atoms with van der Waals surface area (Å²) in [5, 5.41) is 3.55. The Morgan fingerprint density at radius 3 is 3.11 bits per heavy atom. The summed E-state index contributed by atoms with van der Waals surface area (Å²) in [6.07, 6.45) is 3.68. The Labute approximate surface area is 114 Å². The molecule has 0 aliphatic carbocycles. The fourth-order valence-corrected chi connectivity index (χ4v) is 2.89. The van der Waals surface area contributed by atoms with E-state index in [4.69, 9.17) is 5.73 Å². The molecule has 0 atom stereocenters. The summed E-state index contributed by atoms with van der Waals surface area (Å²) < 4.78 is 2.05. The van der Waals surface area contributed by atoms with Crippen molar-refractivity contribution in [2.75, 3.05) is 24.6 Å². The number of carbonyl (C=O) groups excluding carboxylic acids is 1. The van der Waals surface area contributed by atoms with Gasteiger partial charge in [-0.2, -0.15) is 0 Å². The van der Waals surface area contributed by atoms with Crippen LogP contribution in [0.5, 0.6) is 0 Å². The molecule has 0 unspecified atom stereocenters. The fourth-order valence-electron chi connectivity index (χ4n) is 2.08. The molecule has 0 spiro atoms. The minimum absolute atomic E-state index is 0.0780.